The quantitative estimate of drug-likeness (QED) is 0.483. The van der Waals surface area contributed by atoms with E-state index < -0.39 is 17.6 Å². The molecule has 0 radical (unpaired) electrons. The van der Waals surface area contributed by atoms with Crippen molar-refractivity contribution in [1.29, 1.82) is 0 Å². The lowest BCUT2D eigenvalue weighted by atomic mass is 10.0. The molecule has 0 saturated heterocycles. The molecule has 1 amide bonds. The van der Waals surface area contributed by atoms with Crippen molar-refractivity contribution in [1.82, 2.24) is 15.6 Å². The minimum atomic E-state index is -4.63. The van der Waals surface area contributed by atoms with E-state index >= 15 is 0 Å². The van der Waals surface area contributed by atoms with Crippen LogP contribution < -0.4 is 16.0 Å². The second kappa shape index (κ2) is 9.51. The van der Waals surface area contributed by atoms with Gasteiger partial charge in [0, 0.05) is 48.9 Å². The third-order valence-corrected chi connectivity index (χ3v) is 4.27. The third-order valence-electron chi connectivity index (χ3n) is 4.27. The van der Waals surface area contributed by atoms with Gasteiger partial charge < -0.3 is 16.0 Å². The van der Waals surface area contributed by atoms with Crippen molar-refractivity contribution >= 4 is 11.6 Å². The monoisotopic (exact) mass is 410 g/mol. The zero-order chi connectivity index (χ0) is 21.6. The van der Waals surface area contributed by atoms with E-state index in [0.717, 1.165) is 12.1 Å². The molecule has 0 bridgehead atoms. The fraction of sp³-hybridized carbons (Fsp3) is 0.300. The number of nitrogens with zero attached hydrogens (tertiary/aromatic N) is 1. The topological polar surface area (TPSA) is 66.0 Å². The smallest absolute Gasteiger partial charge is 0.361 e. The molecule has 3 N–H and O–H groups in total. The van der Waals surface area contributed by atoms with Gasteiger partial charge in [0.1, 0.15) is 5.82 Å². The van der Waals surface area contributed by atoms with Gasteiger partial charge in [-0.3, -0.25) is 9.78 Å². The number of anilines is 1. The van der Waals surface area contributed by atoms with E-state index in [-0.39, 0.29) is 23.9 Å². The molecule has 1 unspecified atom stereocenters. The van der Waals surface area contributed by atoms with E-state index in [0.29, 0.717) is 23.0 Å². The zero-order valence-electron chi connectivity index (χ0n) is 16.2. The molecule has 0 spiro atoms. The van der Waals surface area contributed by atoms with Crippen LogP contribution in [0.15, 0.2) is 48.3 Å². The van der Waals surface area contributed by atoms with Crippen LogP contribution in [0.1, 0.15) is 23.7 Å². The number of carbonyl (C=O) groups excluding carboxylic acids is 1. The van der Waals surface area contributed by atoms with Crippen molar-refractivity contribution in [2.24, 2.45) is 0 Å². The second-order valence-corrected chi connectivity index (χ2v) is 6.39. The Bertz CT molecular complexity index is 896. The number of pyridine rings is 1. The summed E-state index contributed by atoms with van der Waals surface area (Å²) >= 11 is 0. The second-order valence-electron chi connectivity index (χ2n) is 6.39. The van der Waals surface area contributed by atoms with E-state index in [1.807, 2.05) is 6.92 Å². The van der Waals surface area contributed by atoms with Crippen LogP contribution in [0, 0.1) is 5.82 Å². The Hall–Kier alpha value is -2.94. The maximum Gasteiger partial charge on any atom is 0.416 e. The molecule has 29 heavy (non-hydrogen) atoms. The molecule has 5 nitrogen and oxygen atoms in total. The molecule has 0 saturated carbocycles. The number of aromatic nitrogens is 1. The third kappa shape index (κ3) is 6.28. The standard InChI is InChI=1S/C20H22F4N4O/c1-12(25-2)18(19(29)26-3)11-28-16-4-5-27-17(10-16)8-13-6-14(20(22,23)24)9-15(21)7-13/h4-7,9-12,25H,8H2,1-3H3,(H,26,29)(H,27,28)/b18-11+. The van der Waals surface area contributed by atoms with E-state index in [1.54, 1.807) is 25.4 Å². The summed E-state index contributed by atoms with van der Waals surface area (Å²) in [5.41, 5.74) is 0.624. The van der Waals surface area contributed by atoms with Crippen LogP contribution in [0.25, 0.3) is 0 Å². The van der Waals surface area contributed by atoms with Gasteiger partial charge >= 0.3 is 6.18 Å². The molecule has 1 aromatic heterocycles. The maximum absolute atomic E-state index is 13.6. The normalized spacial score (nSPS) is 13.1. The van der Waals surface area contributed by atoms with Crippen LogP contribution in [0.4, 0.5) is 23.2 Å². The highest BCUT2D eigenvalue weighted by Crippen LogP contribution is 2.31. The largest absolute Gasteiger partial charge is 0.416 e. The molecule has 1 atom stereocenters. The lowest BCUT2D eigenvalue weighted by Gasteiger charge is -2.14. The average molecular weight is 410 g/mol. The maximum atomic E-state index is 13.6. The summed E-state index contributed by atoms with van der Waals surface area (Å²) in [5.74, 6) is -1.21. The molecule has 9 heteroatoms. The van der Waals surface area contributed by atoms with Crippen molar-refractivity contribution in [3.05, 3.63) is 70.9 Å². The highest BCUT2D eigenvalue weighted by atomic mass is 19.4. The van der Waals surface area contributed by atoms with Gasteiger partial charge in [-0.15, -0.1) is 0 Å². The Morgan fingerprint density at radius 3 is 2.55 bits per heavy atom. The fourth-order valence-corrected chi connectivity index (χ4v) is 2.64. The number of halogens is 4. The summed E-state index contributed by atoms with van der Waals surface area (Å²) in [6.45, 7) is 1.82. The van der Waals surface area contributed by atoms with Gasteiger partial charge in [-0.2, -0.15) is 13.2 Å². The molecule has 0 fully saturated rings. The van der Waals surface area contributed by atoms with Crippen molar-refractivity contribution < 1.29 is 22.4 Å². The lowest BCUT2D eigenvalue weighted by Crippen LogP contribution is -2.33. The Labute approximate surface area is 166 Å². The summed E-state index contributed by atoms with van der Waals surface area (Å²) < 4.78 is 52.2. The van der Waals surface area contributed by atoms with Crippen LogP contribution in [-0.2, 0) is 17.4 Å². The first-order chi connectivity index (χ1) is 13.6. The molecule has 0 aliphatic rings. The highest BCUT2D eigenvalue weighted by molar-refractivity contribution is 5.94. The Morgan fingerprint density at radius 1 is 1.21 bits per heavy atom. The number of rotatable bonds is 7. The SMILES string of the molecule is CNC(=O)/C(=C/Nc1ccnc(Cc2cc(F)cc(C(F)(F)F)c2)c1)C(C)NC. The van der Waals surface area contributed by atoms with Crippen molar-refractivity contribution in [2.45, 2.75) is 25.6 Å². The van der Waals surface area contributed by atoms with Gasteiger partial charge in [-0.1, -0.05) is 0 Å². The Morgan fingerprint density at radius 2 is 1.93 bits per heavy atom. The minimum Gasteiger partial charge on any atom is -0.361 e. The van der Waals surface area contributed by atoms with Crippen molar-refractivity contribution in [2.75, 3.05) is 19.4 Å². The van der Waals surface area contributed by atoms with Gasteiger partial charge in [-0.05, 0) is 49.9 Å². The fourth-order valence-electron chi connectivity index (χ4n) is 2.64. The summed E-state index contributed by atoms with van der Waals surface area (Å²) in [7, 11) is 3.25. The molecule has 2 rings (SSSR count). The Balaban J connectivity index is 2.23. The van der Waals surface area contributed by atoms with Crippen molar-refractivity contribution in [3.8, 4) is 0 Å². The number of hydrogen-bond donors (Lipinski definition) is 3. The van der Waals surface area contributed by atoms with Crippen LogP contribution in [0.5, 0.6) is 0 Å². The lowest BCUT2D eigenvalue weighted by molar-refractivity contribution is -0.137. The van der Waals surface area contributed by atoms with Crippen molar-refractivity contribution in [3.63, 3.8) is 0 Å². The van der Waals surface area contributed by atoms with Crippen LogP contribution >= 0.6 is 0 Å². The predicted molar refractivity (Wildman–Crippen MR) is 103 cm³/mol. The molecular weight excluding hydrogens is 388 g/mol. The molecule has 2 aromatic rings. The number of likely N-dealkylation sites (N-methyl/N-ethyl adjacent to an activating group) is 2. The number of benzene rings is 1. The zero-order valence-corrected chi connectivity index (χ0v) is 16.2. The highest BCUT2D eigenvalue weighted by Gasteiger charge is 2.31. The van der Waals surface area contributed by atoms with E-state index in [2.05, 4.69) is 20.9 Å². The first kappa shape index (κ1) is 22.4. The summed E-state index contributed by atoms with van der Waals surface area (Å²) in [6.07, 6.45) is -1.58. The first-order valence-corrected chi connectivity index (χ1v) is 8.81. The predicted octanol–water partition coefficient (Wildman–Crippen LogP) is 3.48. The van der Waals surface area contributed by atoms with Gasteiger partial charge in [0.15, 0.2) is 0 Å². The number of nitrogens with one attached hydrogen (secondary N) is 3. The van der Waals surface area contributed by atoms with Gasteiger partial charge in [-0.25, -0.2) is 4.39 Å². The number of amides is 1. The average Bonchev–Trinajstić information content (AvgIpc) is 2.66. The van der Waals surface area contributed by atoms with E-state index in [9.17, 15) is 22.4 Å². The minimum absolute atomic E-state index is 0.0231. The van der Waals surface area contributed by atoms with Crippen LogP contribution in [0.2, 0.25) is 0 Å². The molecule has 0 aliphatic carbocycles. The number of carbonyl (C=O) groups is 1. The summed E-state index contributed by atoms with van der Waals surface area (Å²) in [5, 5.41) is 8.52. The molecule has 0 aliphatic heterocycles. The van der Waals surface area contributed by atoms with E-state index in [1.165, 1.54) is 13.2 Å². The van der Waals surface area contributed by atoms with Gasteiger partial charge in [0.2, 0.25) is 5.91 Å². The molecule has 156 valence electrons. The summed E-state index contributed by atoms with van der Waals surface area (Å²) in [4.78, 5) is 16.1. The number of hydrogen-bond acceptors (Lipinski definition) is 4. The number of alkyl halides is 3. The molecule has 1 heterocycles. The van der Waals surface area contributed by atoms with Gasteiger partial charge in [0.25, 0.3) is 0 Å². The Kier molecular flexibility index (Phi) is 7.33. The first-order valence-electron chi connectivity index (χ1n) is 8.81. The van der Waals surface area contributed by atoms with Crippen LogP contribution in [0.3, 0.4) is 0 Å². The van der Waals surface area contributed by atoms with Gasteiger partial charge in [0.05, 0.1) is 5.56 Å². The van der Waals surface area contributed by atoms with Crippen LogP contribution in [-0.4, -0.2) is 31.0 Å². The van der Waals surface area contributed by atoms with E-state index in [4.69, 9.17) is 0 Å². The molecular formula is C20H22F4N4O. The molecule has 1 aromatic carbocycles. The summed E-state index contributed by atoms with van der Waals surface area (Å²) in [6, 6.07) is 5.48.